The highest BCUT2D eigenvalue weighted by atomic mass is 32.2. The van der Waals surface area contributed by atoms with E-state index in [0.29, 0.717) is 27.0 Å². The molecule has 1 atom stereocenters. The van der Waals surface area contributed by atoms with E-state index in [1.807, 2.05) is 0 Å². The molecule has 3 rings (SSSR count). The summed E-state index contributed by atoms with van der Waals surface area (Å²) in [6, 6.07) is 4.98. The molecule has 1 aromatic carbocycles. The molecule has 1 amide bonds. The third kappa shape index (κ3) is 3.34. The predicted molar refractivity (Wildman–Crippen MR) is 90.0 cm³/mol. The number of likely N-dealkylation sites (N-methyl/N-ethyl adjacent to an activating group) is 1. The zero-order chi connectivity index (χ0) is 17.5. The Kier molecular flexibility index (Phi) is 4.44. The maximum absolute atomic E-state index is 12.8. The van der Waals surface area contributed by atoms with Crippen LogP contribution in [-0.4, -0.2) is 28.3 Å². The van der Waals surface area contributed by atoms with Crippen molar-refractivity contribution in [3.8, 4) is 0 Å². The molecule has 1 unspecified atom stereocenters. The van der Waals surface area contributed by atoms with Crippen LogP contribution in [0.25, 0.3) is 5.76 Å². The summed E-state index contributed by atoms with van der Waals surface area (Å²) in [6.07, 6.45) is -0.915. The van der Waals surface area contributed by atoms with Crippen molar-refractivity contribution in [2.24, 2.45) is 0 Å². The van der Waals surface area contributed by atoms with Crippen LogP contribution in [0.5, 0.6) is 0 Å². The number of ether oxygens (including phenoxy) is 1. The van der Waals surface area contributed by atoms with Gasteiger partial charge in [0.2, 0.25) is 0 Å². The Morgan fingerprint density at radius 3 is 2.79 bits per heavy atom. The summed E-state index contributed by atoms with van der Waals surface area (Å²) in [5.74, 6) is 0.190. The molecule has 2 aliphatic rings. The van der Waals surface area contributed by atoms with Crippen LogP contribution in [0, 0.1) is 0 Å². The van der Waals surface area contributed by atoms with Gasteiger partial charge in [0.05, 0.1) is 10.5 Å². The van der Waals surface area contributed by atoms with Crippen LogP contribution in [0.3, 0.4) is 0 Å². The number of rotatable bonds is 2. The minimum Gasteiger partial charge on any atom is -0.486 e. The van der Waals surface area contributed by atoms with Crippen molar-refractivity contribution >= 4 is 40.0 Å². The summed E-state index contributed by atoms with van der Waals surface area (Å²) in [5.41, 5.74) is -0.358. The summed E-state index contributed by atoms with van der Waals surface area (Å²) in [7, 11) is 1.60. The topological polar surface area (TPSA) is 29.5 Å². The summed E-state index contributed by atoms with van der Waals surface area (Å²) in [6.45, 7) is 0. The Hall–Kier alpha value is -1.80. The van der Waals surface area contributed by atoms with Crippen molar-refractivity contribution in [3.05, 3.63) is 52.4 Å². The fraction of sp³-hybridized carbons (Fsp3) is 0.250. The lowest BCUT2D eigenvalue weighted by molar-refractivity contribution is -0.137. The highest BCUT2D eigenvalue weighted by molar-refractivity contribution is 8.26. The molecule has 1 saturated heterocycles. The normalized spacial score (nSPS) is 23.0. The number of thiocarbonyl (C=S) groups is 1. The molecule has 0 spiro atoms. The second-order valence-electron chi connectivity index (χ2n) is 5.30. The highest BCUT2D eigenvalue weighted by Gasteiger charge is 2.32. The molecule has 1 aromatic rings. The second-order valence-corrected chi connectivity index (χ2v) is 6.98. The number of amides is 1. The molecule has 0 saturated carbocycles. The summed E-state index contributed by atoms with van der Waals surface area (Å²) in [4.78, 5) is 13.8. The quantitative estimate of drug-likeness (QED) is 0.575. The number of nitrogens with zero attached hydrogens (tertiary/aromatic N) is 1. The van der Waals surface area contributed by atoms with E-state index < -0.39 is 17.8 Å². The minimum absolute atomic E-state index is 0.193. The lowest BCUT2D eigenvalue weighted by Crippen LogP contribution is -2.22. The van der Waals surface area contributed by atoms with Gasteiger partial charge in [0.1, 0.15) is 16.2 Å². The van der Waals surface area contributed by atoms with Gasteiger partial charge in [-0.2, -0.15) is 13.2 Å². The van der Waals surface area contributed by atoms with Crippen LogP contribution in [0.4, 0.5) is 13.2 Å². The minimum atomic E-state index is -4.40. The fourth-order valence-electron chi connectivity index (χ4n) is 2.35. The van der Waals surface area contributed by atoms with Crippen molar-refractivity contribution in [1.82, 2.24) is 4.90 Å². The smallest absolute Gasteiger partial charge is 0.416 e. The van der Waals surface area contributed by atoms with Crippen LogP contribution in [0.1, 0.15) is 17.5 Å². The number of carbonyl (C=O) groups excluding carboxylic acids is 1. The largest absolute Gasteiger partial charge is 0.486 e. The van der Waals surface area contributed by atoms with Crippen LogP contribution in [0.2, 0.25) is 0 Å². The molecule has 0 N–H and O–H groups in total. The number of halogens is 3. The van der Waals surface area contributed by atoms with Crippen LogP contribution in [-0.2, 0) is 15.7 Å². The van der Waals surface area contributed by atoms with Gasteiger partial charge in [-0.25, -0.2) is 0 Å². The van der Waals surface area contributed by atoms with Gasteiger partial charge in [-0.3, -0.25) is 9.69 Å². The zero-order valence-electron chi connectivity index (χ0n) is 12.5. The number of carbonyl (C=O) groups is 1. The third-order valence-corrected chi connectivity index (χ3v) is 5.12. The highest BCUT2D eigenvalue weighted by Crippen LogP contribution is 2.35. The predicted octanol–water partition coefficient (Wildman–Crippen LogP) is 4.21. The number of alkyl halides is 3. The molecule has 8 heteroatoms. The van der Waals surface area contributed by atoms with Crippen LogP contribution in [0.15, 0.2) is 41.3 Å². The second kappa shape index (κ2) is 6.25. The van der Waals surface area contributed by atoms with Gasteiger partial charge in [0, 0.05) is 19.0 Å². The molecular formula is C16H12F3NO2S2. The van der Waals surface area contributed by atoms with Gasteiger partial charge in [0.15, 0.2) is 0 Å². The van der Waals surface area contributed by atoms with Crippen LogP contribution < -0.4 is 0 Å². The Bertz CT molecular complexity index is 771. The first-order chi connectivity index (χ1) is 11.3. The lowest BCUT2D eigenvalue weighted by atomic mass is 10.1. The fourth-order valence-corrected chi connectivity index (χ4v) is 3.55. The van der Waals surface area contributed by atoms with Crippen LogP contribution >= 0.6 is 24.0 Å². The lowest BCUT2D eigenvalue weighted by Gasteiger charge is -2.12. The molecular weight excluding hydrogens is 359 g/mol. The summed E-state index contributed by atoms with van der Waals surface area (Å²) in [5, 5.41) is 0. The molecule has 1 fully saturated rings. The standard InChI is InChI=1S/C16H12F3NO2S2/c1-20-14(21)13(24-15(20)23)8-11-5-6-12(22-11)9-3-2-4-10(7-9)16(17,18)19/h2-4,6-8,11H,5H2,1H3/b13-8+. The van der Waals surface area contributed by atoms with E-state index in [1.54, 1.807) is 25.3 Å². The van der Waals surface area contributed by atoms with E-state index in [-0.39, 0.29) is 5.91 Å². The number of hydrogen-bond donors (Lipinski definition) is 0. The number of benzene rings is 1. The van der Waals surface area contributed by atoms with Gasteiger partial charge in [0.25, 0.3) is 5.91 Å². The first-order valence-corrected chi connectivity index (χ1v) is 8.24. The Labute approximate surface area is 146 Å². The molecule has 126 valence electrons. The number of thioether (sulfide) groups is 1. The first-order valence-electron chi connectivity index (χ1n) is 7.02. The zero-order valence-corrected chi connectivity index (χ0v) is 14.1. The summed E-state index contributed by atoms with van der Waals surface area (Å²) < 4.78 is 44.5. The Morgan fingerprint density at radius 1 is 1.42 bits per heavy atom. The van der Waals surface area contributed by atoms with E-state index in [4.69, 9.17) is 17.0 Å². The first kappa shape index (κ1) is 17.0. The maximum atomic E-state index is 12.8. The van der Waals surface area contributed by atoms with E-state index >= 15 is 0 Å². The molecule has 0 aliphatic carbocycles. The molecule has 2 heterocycles. The van der Waals surface area contributed by atoms with E-state index in [0.717, 1.165) is 12.1 Å². The Balaban J connectivity index is 1.74. The van der Waals surface area contributed by atoms with Crippen molar-refractivity contribution in [3.63, 3.8) is 0 Å². The average molecular weight is 371 g/mol. The SMILES string of the molecule is CN1C(=O)/C(=C\C2CC=C(c3cccc(C(F)(F)F)c3)O2)SC1=S. The summed E-state index contributed by atoms with van der Waals surface area (Å²) >= 11 is 6.24. The molecule has 24 heavy (non-hydrogen) atoms. The molecule has 3 nitrogen and oxygen atoms in total. The average Bonchev–Trinajstić information content (AvgIpc) is 3.08. The molecule has 2 aliphatic heterocycles. The van der Waals surface area contributed by atoms with Crippen molar-refractivity contribution in [1.29, 1.82) is 0 Å². The van der Waals surface area contributed by atoms with E-state index in [1.165, 1.54) is 22.7 Å². The van der Waals surface area contributed by atoms with Gasteiger partial charge < -0.3 is 4.74 Å². The number of hydrogen-bond acceptors (Lipinski definition) is 4. The van der Waals surface area contributed by atoms with Crippen molar-refractivity contribution in [2.75, 3.05) is 7.05 Å². The Morgan fingerprint density at radius 2 is 2.17 bits per heavy atom. The maximum Gasteiger partial charge on any atom is 0.416 e. The van der Waals surface area contributed by atoms with Gasteiger partial charge >= 0.3 is 6.18 Å². The monoisotopic (exact) mass is 371 g/mol. The molecule has 0 radical (unpaired) electrons. The van der Waals surface area contributed by atoms with Gasteiger partial charge in [-0.15, -0.1) is 0 Å². The van der Waals surface area contributed by atoms with Crippen molar-refractivity contribution in [2.45, 2.75) is 18.7 Å². The van der Waals surface area contributed by atoms with E-state index in [9.17, 15) is 18.0 Å². The van der Waals surface area contributed by atoms with Gasteiger partial charge in [-0.05, 0) is 24.3 Å². The third-order valence-electron chi connectivity index (χ3n) is 3.61. The van der Waals surface area contributed by atoms with Crippen molar-refractivity contribution < 1.29 is 22.7 Å². The molecule has 0 bridgehead atoms. The van der Waals surface area contributed by atoms with E-state index in [2.05, 4.69) is 0 Å². The molecule has 0 aromatic heterocycles. The van der Waals surface area contributed by atoms with Gasteiger partial charge in [-0.1, -0.05) is 36.1 Å².